The minimum absolute atomic E-state index is 0.174. The quantitative estimate of drug-likeness (QED) is 0.892. The Kier molecular flexibility index (Phi) is 3.18. The standard InChI is InChI=1S/C16H17FN4O/c17-13-3-1-2-11(6-13)12-8-19-21(9-12)16(22)20-15-5-10-4-14(15)18-7-10/h1-3,6,8-10,14-15,18H,4-5,7H2,(H,20,22). The molecular weight excluding hydrogens is 283 g/mol. The van der Waals surface area contributed by atoms with Gasteiger partial charge in [0.05, 0.1) is 6.20 Å². The van der Waals surface area contributed by atoms with Crippen molar-refractivity contribution < 1.29 is 9.18 Å². The van der Waals surface area contributed by atoms with Crippen molar-refractivity contribution in [1.82, 2.24) is 20.4 Å². The molecule has 1 amide bonds. The van der Waals surface area contributed by atoms with Crippen molar-refractivity contribution in [3.05, 3.63) is 42.5 Å². The molecule has 2 heterocycles. The number of carbonyl (C=O) groups is 1. The van der Waals surface area contributed by atoms with Crippen LogP contribution in [0.4, 0.5) is 9.18 Å². The first-order valence-corrected chi connectivity index (χ1v) is 7.54. The number of piperidine rings is 1. The number of rotatable bonds is 2. The van der Waals surface area contributed by atoms with Gasteiger partial charge in [-0.05, 0) is 43.0 Å². The summed E-state index contributed by atoms with van der Waals surface area (Å²) in [5, 5.41) is 10.5. The number of halogens is 1. The average Bonchev–Trinajstić information content (AvgIpc) is 3.23. The number of hydrogen-bond donors (Lipinski definition) is 2. The van der Waals surface area contributed by atoms with Crippen LogP contribution in [0.1, 0.15) is 12.8 Å². The smallest absolute Gasteiger partial charge is 0.332 e. The Balaban J connectivity index is 1.48. The Bertz CT molecular complexity index is 714. The van der Waals surface area contributed by atoms with Crippen LogP contribution in [0, 0.1) is 11.7 Å². The van der Waals surface area contributed by atoms with Gasteiger partial charge in [0.1, 0.15) is 5.82 Å². The van der Waals surface area contributed by atoms with Crippen molar-refractivity contribution in [1.29, 1.82) is 0 Å². The number of hydrogen-bond acceptors (Lipinski definition) is 3. The molecule has 1 aromatic carbocycles. The van der Waals surface area contributed by atoms with E-state index in [1.807, 2.05) is 0 Å². The summed E-state index contributed by atoms with van der Waals surface area (Å²) in [7, 11) is 0. The maximum atomic E-state index is 13.3. The van der Waals surface area contributed by atoms with Crippen LogP contribution in [0.3, 0.4) is 0 Å². The van der Waals surface area contributed by atoms with E-state index in [0.29, 0.717) is 17.5 Å². The SMILES string of the molecule is O=C(NC1CC2CNC1C2)n1cc(-c2cccc(F)c2)cn1. The molecule has 3 unspecified atom stereocenters. The molecule has 5 nitrogen and oxygen atoms in total. The fourth-order valence-electron chi connectivity index (χ4n) is 3.49. The first-order valence-electron chi connectivity index (χ1n) is 7.54. The normalized spacial score (nSPS) is 26.3. The van der Waals surface area contributed by atoms with E-state index in [0.717, 1.165) is 24.9 Å². The largest absolute Gasteiger partial charge is 0.342 e. The van der Waals surface area contributed by atoms with E-state index >= 15 is 0 Å². The molecule has 2 aliphatic rings. The zero-order valence-electron chi connectivity index (χ0n) is 12.0. The van der Waals surface area contributed by atoms with E-state index in [9.17, 15) is 9.18 Å². The maximum absolute atomic E-state index is 13.3. The molecule has 0 spiro atoms. The van der Waals surface area contributed by atoms with Gasteiger partial charge in [-0.2, -0.15) is 9.78 Å². The number of fused-ring (bicyclic) bond motifs is 2. The lowest BCUT2D eigenvalue weighted by atomic mass is 10.1. The number of amides is 1. The first kappa shape index (κ1) is 13.5. The predicted octanol–water partition coefficient (Wildman–Crippen LogP) is 2.00. The zero-order chi connectivity index (χ0) is 15.1. The van der Waals surface area contributed by atoms with E-state index in [4.69, 9.17) is 0 Å². The van der Waals surface area contributed by atoms with Crippen LogP contribution in [0.5, 0.6) is 0 Å². The van der Waals surface area contributed by atoms with Gasteiger partial charge in [0.15, 0.2) is 0 Å². The molecule has 1 aliphatic heterocycles. The highest BCUT2D eigenvalue weighted by Crippen LogP contribution is 2.31. The Morgan fingerprint density at radius 1 is 1.36 bits per heavy atom. The van der Waals surface area contributed by atoms with Crippen molar-refractivity contribution in [3.63, 3.8) is 0 Å². The summed E-state index contributed by atoms with van der Waals surface area (Å²) in [6.45, 7) is 1.06. The molecule has 2 bridgehead atoms. The molecule has 2 aromatic rings. The summed E-state index contributed by atoms with van der Waals surface area (Å²) in [6, 6.07) is 6.58. The van der Waals surface area contributed by atoms with Crippen LogP contribution in [-0.4, -0.2) is 34.4 Å². The van der Waals surface area contributed by atoms with Gasteiger partial charge in [0.25, 0.3) is 0 Å². The van der Waals surface area contributed by atoms with Gasteiger partial charge in [-0.3, -0.25) is 0 Å². The summed E-state index contributed by atoms with van der Waals surface area (Å²) in [4.78, 5) is 12.3. The minimum atomic E-state index is -0.303. The third-order valence-electron chi connectivity index (χ3n) is 4.59. The molecule has 1 aromatic heterocycles. The van der Waals surface area contributed by atoms with E-state index in [1.165, 1.54) is 16.8 Å². The van der Waals surface area contributed by atoms with E-state index in [-0.39, 0.29) is 17.9 Å². The highest BCUT2D eigenvalue weighted by Gasteiger charge is 2.40. The van der Waals surface area contributed by atoms with Crippen molar-refractivity contribution in [3.8, 4) is 11.1 Å². The fourth-order valence-corrected chi connectivity index (χ4v) is 3.49. The number of aromatic nitrogens is 2. The number of benzene rings is 1. The van der Waals surface area contributed by atoms with Gasteiger partial charge in [-0.25, -0.2) is 9.18 Å². The second kappa shape index (κ2) is 5.21. The van der Waals surface area contributed by atoms with Gasteiger partial charge in [-0.1, -0.05) is 12.1 Å². The van der Waals surface area contributed by atoms with E-state index < -0.39 is 0 Å². The molecule has 22 heavy (non-hydrogen) atoms. The summed E-state index contributed by atoms with van der Waals surface area (Å²) in [5.41, 5.74) is 1.43. The predicted molar refractivity (Wildman–Crippen MR) is 79.9 cm³/mol. The molecule has 1 aliphatic carbocycles. The molecule has 1 saturated carbocycles. The molecule has 6 heteroatoms. The molecular formula is C16H17FN4O. The van der Waals surface area contributed by atoms with E-state index in [1.54, 1.807) is 24.5 Å². The monoisotopic (exact) mass is 300 g/mol. The van der Waals surface area contributed by atoms with E-state index in [2.05, 4.69) is 15.7 Å². The molecule has 3 atom stereocenters. The van der Waals surface area contributed by atoms with Gasteiger partial charge >= 0.3 is 6.03 Å². The lowest BCUT2D eigenvalue weighted by molar-refractivity contribution is 0.231. The summed E-state index contributed by atoms with van der Waals surface area (Å²) >= 11 is 0. The minimum Gasteiger partial charge on any atom is -0.332 e. The van der Waals surface area contributed by atoms with Gasteiger partial charge in [0, 0.05) is 23.8 Å². The summed E-state index contributed by atoms with van der Waals surface area (Å²) < 4.78 is 14.5. The topological polar surface area (TPSA) is 59.0 Å². The third kappa shape index (κ3) is 2.39. The summed E-state index contributed by atoms with van der Waals surface area (Å²) in [5.74, 6) is 0.374. The number of nitrogens with zero attached hydrogens (tertiary/aromatic N) is 2. The van der Waals surface area contributed by atoms with Crippen LogP contribution in [0.25, 0.3) is 11.1 Å². The fraction of sp³-hybridized carbons (Fsp3) is 0.375. The lowest BCUT2D eigenvalue weighted by Crippen LogP contribution is -2.49. The van der Waals surface area contributed by atoms with Crippen LogP contribution in [0.15, 0.2) is 36.7 Å². The first-order chi connectivity index (χ1) is 10.7. The van der Waals surface area contributed by atoms with Gasteiger partial charge in [-0.15, -0.1) is 0 Å². The Morgan fingerprint density at radius 2 is 2.27 bits per heavy atom. The van der Waals surface area contributed by atoms with Crippen molar-refractivity contribution in [2.75, 3.05) is 6.54 Å². The van der Waals surface area contributed by atoms with Crippen LogP contribution in [0.2, 0.25) is 0 Å². The molecule has 4 rings (SSSR count). The average molecular weight is 300 g/mol. The zero-order valence-corrected chi connectivity index (χ0v) is 12.0. The number of nitrogens with one attached hydrogen (secondary N) is 2. The third-order valence-corrected chi connectivity index (χ3v) is 4.59. The van der Waals surface area contributed by atoms with Crippen LogP contribution < -0.4 is 10.6 Å². The maximum Gasteiger partial charge on any atom is 0.342 e. The van der Waals surface area contributed by atoms with Gasteiger partial charge < -0.3 is 10.6 Å². The Labute approximate surface area is 127 Å². The second-order valence-electron chi connectivity index (χ2n) is 6.09. The highest BCUT2D eigenvalue weighted by atomic mass is 19.1. The molecule has 0 radical (unpaired) electrons. The Hall–Kier alpha value is -2.21. The highest BCUT2D eigenvalue weighted by molar-refractivity contribution is 5.78. The number of carbonyl (C=O) groups excluding carboxylic acids is 1. The van der Waals surface area contributed by atoms with Crippen molar-refractivity contribution in [2.45, 2.75) is 24.9 Å². The lowest BCUT2D eigenvalue weighted by Gasteiger charge is -2.23. The molecule has 2 fully saturated rings. The Morgan fingerprint density at radius 3 is 3.00 bits per heavy atom. The van der Waals surface area contributed by atoms with Crippen LogP contribution >= 0.6 is 0 Å². The molecule has 2 N–H and O–H groups in total. The summed E-state index contributed by atoms with van der Waals surface area (Å²) in [6.07, 6.45) is 5.37. The molecule has 1 saturated heterocycles. The van der Waals surface area contributed by atoms with Crippen molar-refractivity contribution in [2.24, 2.45) is 5.92 Å². The molecule has 114 valence electrons. The van der Waals surface area contributed by atoms with Gasteiger partial charge in [0.2, 0.25) is 0 Å². The van der Waals surface area contributed by atoms with Crippen LogP contribution in [-0.2, 0) is 0 Å². The van der Waals surface area contributed by atoms with Crippen molar-refractivity contribution >= 4 is 6.03 Å². The second-order valence-corrected chi connectivity index (χ2v) is 6.09.